The molecule has 3 aromatic carbocycles. The third-order valence-corrected chi connectivity index (χ3v) is 4.67. The van der Waals surface area contributed by atoms with E-state index < -0.39 is 17.6 Å². The quantitative estimate of drug-likeness (QED) is 0.241. The number of nitrogens with zero attached hydrogens (tertiary/aromatic N) is 2. The van der Waals surface area contributed by atoms with Gasteiger partial charge in [-0.1, -0.05) is 12.1 Å². The third-order valence-electron chi connectivity index (χ3n) is 4.67. The molecule has 1 amide bonds. The number of imidazole rings is 1. The fourth-order valence-electron chi connectivity index (χ4n) is 3.06. The zero-order valence-corrected chi connectivity index (χ0v) is 16.3. The zero-order valence-electron chi connectivity index (χ0n) is 16.3. The van der Waals surface area contributed by atoms with Crippen LogP contribution in [0.2, 0.25) is 0 Å². The number of amides is 1. The zero-order chi connectivity index (χ0) is 22.9. The lowest BCUT2D eigenvalue weighted by Gasteiger charge is -2.06. The van der Waals surface area contributed by atoms with Crippen molar-refractivity contribution in [3.8, 4) is 11.4 Å². The molecule has 4 rings (SSSR count). The van der Waals surface area contributed by atoms with Gasteiger partial charge < -0.3 is 10.5 Å². The van der Waals surface area contributed by atoms with E-state index in [2.05, 4.69) is 10.3 Å². The second kappa shape index (κ2) is 8.18. The van der Waals surface area contributed by atoms with Crippen molar-refractivity contribution in [1.82, 2.24) is 9.71 Å². The number of nitrogens with one attached hydrogen (secondary N) is 1. The smallest absolute Gasteiger partial charge is 0.416 e. The summed E-state index contributed by atoms with van der Waals surface area (Å²) in [7, 11) is 0. The standard InChI is InChI=1S/C23H15F4N3O2/c24-17-7-1-14(2-8-17)3-12-21(31)28-18-9-4-15(5-10-18)22-29-19-11-6-16(23(25,26)27)13-20(19)30(22)32/h1-13,32H,(H,28,31)/b12-3+. The molecule has 32 heavy (non-hydrogen) atoms. The third kappa shape index (κ3) is 4.46. The highest BCUT2D eigenvalue weighted by molar-refractivity contribution is 6.02. The number of hydrogen-bond donors (Lipinski definition) is 2. The van der Waals surface area contributed by atoms with Crippen LogP contribution in [0.1, 0.15) is 11.1 Å². The molecule has 0 spiro atoms. The van der Waals surface area contributed by atoms with Crippen LogP contribution in [0, 0.1) is 5.82 Å². The predicted molar refractivity (Wildman–Crippen MR) is 111 cm³/mol. The molecular weight excluding hydrogens is 426 g/mol. The molecule has 0 unspecified atom stereocenters. The fraction of sp³-hybridized carbons (Fsp3) is 0.0435. The average Bonchev–Trinajstić information content (AvgIpc) is 3.09. The number of alkyl halides is 3. The number of anilines is 1. The van der Waals surface area contributed by atoms with Crippen LogP contribution in [0.15, 0.2) is 72.8 Å². The van der Waals surface area contributed by atoms with Crippen LogP contribution >= 0.6 is 0 Å². The van der Waals surface area contributed by atoms with E-state index in [4.69, 9.17) is 0 Å². The fourth-order valence-corrected chi connectivity index (χ4v) is 3.06. The maximum atomic E-state index is 12.9. The maximum absolute atomic E-state index is 12.9. The van der Waals surface area contributed by atoms with Crippen molar-refractivity contribution in [2.24, 2.45) is 0 Å². The summed E-state index contributed by atoms with van der Waals surface area (Å²) in [6, 6.07) is 14.8. The molecule has 2 N–H and O–H groups in total. The number of rotatable bonds is 4. The van der Waals surface area contributed by atoms with Gasteiger partial charge in [0, 0.05) is 17.3 Å². The Morgan fingerprint density at radius 2 is 1.69 bits per heavy atom. The molecule has 0 aliphatic heterocycles. The molecule has 0 saturated carbocycles. The van der Waals surface area contributed by atoms with Gasteiger partial charge in [-0.05, 0) is 66.2 Å². The summed E-state index contributed by atoms with van der Waals surface area (Å²) in [5.74, 6) is -0.714. The highest BCUT2D eigenvalue weighted by atomic mass is 19.4. The summed E-state index contributed by atoms with van der Waals surface area (Å²) in [6.07, 6.45) is -1.71. The van der Waals surface area contributed by atoms with E-state index in [-0.39, 0.29) is 22.7 Å². The number of carbonyl (C=O) groups is 1. The topological polar surface area (TPSA) is 67.2 Å². The SMILES string of the molecule is O=C(/C=C/c1ccc(F)cc1)Nc1ccc(-c2nc3ccc(C(F)(F)F)cc3n2O)cc1. The van der Waals surface area contributed by atoms with E-state index in [1.54, 1.807) is 24.3 Å². The molecule has 4 aromatic rings. The van der Waals surface area contributed by atoms with E-state index in [0.29, 0.717) is 21.5 Å². The van der Waals surface area contributed by atoms with Crippen molar-refractivity contribution in [1.29, 1.82) is 0 Å². The summed E-state index contributed by atoms with van der Waals surface area (Å²) >= 11 is 0. The van der Waals surface area contributed by atoms with Crippen molar-refractivity contribution >= 4 is 28.7 Å². The van der Waals surface area contributed by atoms with E-state index in [0.717, 1.165) is 12.1 Å². The molecule has 9 heteroatoms. The Kier molecular flexibility index (Phi) is 5.40. The molecule has 0 atom stereocenters. The minimum atomic E-state index is -4.54. The first-order valence-electron chi connectivity index (χ1n) is 9.35. The number of halogens is 4. The minimum Gasteiger partial charge on any atom is -0.426 e. The van der Waals surface area contributed by atoms with Gasteiger partial charge in [-0.25, -0.2) is 9.37 Å². The number of hydrogen-bond acceptors (Lipinski definition) is 3. The van der Waals surface area contributed by atoms with Crippen molar-refractivity contribution in [3.05, 3.63) is 89.8 Å². The second-order valence-electron chi connectivity index (χ2n) is 6.90. The summed E-state index contributed by atoms with van der Waals surface area (Å²) in [5.41, 5.74) is 0.808. The lowest BCUT2D eigenvalue weighted by molar-refractivity contribution is -0.137. The summed E-state index contributed by atoms with van der Waals surface area (Å²) in [6.45, 7) is 0. The van der Waals surface area contributed by atoms with Crippen molar-refractivity contribution in [3.63, 3.8) is 0 Å². The van der Waals surface area contributed by atoms with Crippen LogP contribution in [0.25, 0.3) is 28.5 Å². The predicted octanol–water partition coefficient (Wildman–Crippen LogP) is 5.75. The van der Waals surface area contributed by atoms with Gasteiger partial charge in [0.2, 0.25) is 5.91 Å². The summed E-state index contributed by atoms with van der Waals surface area (Å²) in [5, 5.41) is 13.0. The molecule has 1 aromatic heterocycles. The lowest BCUT2D eigenvalue weighted by Crippen LogP contribution is -2.07. The monoisotopic (exact) mass is 441 g/mol. The first-order valence-corrected chi connectivity index (χ1v) is 9.35. The Bertz CT molecular complexity index is 1310. The Morgan fingerprint density at radius 3 is 2.34 bits per heavy atom. The Labute approximate surface area is 179 Å². The minimum absolute atomic E-state index is 0.0633. The number of fused-ring (bicyclic) bond motifs is 1. The molecule has 162 valence electrons. The van der Waals surface area contributed by atoms with Crippen molar-refractivity contribution < 1.29 is 27.6 Å². The Morgan fingerprint density at radius 1 is 1.00 bits per heavy atom. The first kappa shape index (κ1) is 21.1. The Balaban J connectivity index is 1.51. The highest BCUT2D eigenvalue weighted by Gasteiger charge is 2.31. The number of aromatic nitrogens is 2. The molecule has 1 heterocycles. The normalized spacial score (nSPS) is 11.9. The van der Waals surface area contributed by atoms with Crippen LogP contribution in [0.3, 0.4) is 0 Å². The van der Waals surface area contributed by atoms with Gasteiger partial charge in [0.25, 0.3) is 0 Å². The largest absolute Gasteiger partial charge is 0.426 e. The molecular formula is C23H15F4N3O2. The van der Waals surface area contributed by atoms with Crippen LogP contribution in [-0.4, -0.2) is 20.8 Å². The van der Waals surface area contributed by atoms with Gasteiger partial charge in [-0.2, -0.15) is 17.9 Å². The number of benzene rings is 3. The van der Waals surface area contributed by atoms with E-state index >= 15 is 0 Å². The molecule has 0 saturated heterocycles. The van der Waals surface area contributed by atoms with Gasteiger partial charge in [0.05, 0.1) is 11.1 Å². The molecule has 0 radical (unpaired) electrons. The van der Waals surface area contributed by atoms with Crippen LogP contribution in [0.5, 0.6) is 0 Å². The maximum Gasteiger partial charge on any atom is 0.416 e. The van der Waals surface area contributed by atoms with E-state index in [1.807, 2.05) is 0 Å². The highest BCUT2D eigenvalue weighted by Crippen LogP contribution is 2.32. The molecule has 0 aliphatic carbocycles. The van der Waals surface area contributed by atoms with Gasteiger partial charge in [-0.3, -0.25) is 4.79 Å². The second-order valence-corrected chi connectivity index (χ2v) is 6.90. The van der Waals surface area contributed by atoms with Crippen molar-refractivity contribution in [2.75, 3.05) is 5.32 Å². The van der Waals surface area contributed by atoms with E-state index in [1.165, 1.54) is 42.5 Å². The molecule has 0 aliphatic rings. The molecule has 0 bridgehead atoms. The average molecular weight is 441 g/mol. The molecule has 5 nitrogen and oxygen atoms in total. The van der Waals surface area contributed by atoms with Crippen LogP contribution in [-0.2, 0) is 11.0 Å². The van der Waals surface area contributed by atoms with Gasteiger partial charge in [0.1, 0.15) is 11.3 Å². The van der Waals surface area contributed by atoms with Crippen LogP contribution < -0.4 is 5.32 Å². The van der Waals surface area contributed by atoms with Gasteiger partial charge >= 0.3 is 6.18 Å². The van der Waals surface area contributed by atoms with Gasteiger partial charge in [0.15, 0.2) is 5.82 Å². The van der Waals surface area contributed by atoms with Crippen LogP contribution in [0.4, 0.5) is 23.2 Å². The molecule has 0 fully saturated rings. The number of carbonyl (C=O) groups excluding carboxylic acids is 1. The summed E-state index contributed by atoms with van der Waals surface area (Å²) in [4.78, 5) is 16.3. The van der Waals surface area contributed by atoms with Gasteiger partial charge in [-0.15, -0.1) is 0 Å². The summed E-state index contributed by atoms with van der Waals surface area (Å²) < 4.78 is 52.3. The lowest BCUT2D eigenvalue weighted by atomic mass is 10.2. The van der Waals surface area contributed by atoms with E-state index in [9.17, 15) is 27.6 Å². The Hall–Kier alpha value is -4.14. The van der Waals surface area contributed by atoms with Crippen molar-refractivity contribution in [2.45, 2.75) is 6.18 Å². The first-order chi connectivity index (χ1) is 15.2.